The minimum atomic E-state index is -1.29. The van der Waals surface area contributed by atoms with Gasteiger partial charge in [-0.2, -0.15) is 9.97 Å². The van der Waals surface area contributed by atoms with E-state index < -0.39 is 10.8 Å². The zero-order valence-corrected chi connectivity index (χ0v) is 19.9. The van der Waals surface area contributed by atoms with Gasteiger partial charge >= 0.3 is 0 Å². The first-order valence-electron chi connectivity index (χ1n) is 11.5. The maximum atomic E-state index is 12.5. The molecule has 2 aromatic rings. The average Bonchev–Trinajstić information content (AvgIpc) is 3.16. The van der Waals surface area contributed by atoms with Gasteiger partial charge in [-0.3, -0.25) is 4.21 Å². The molecule has 176 valence electrons. The first-order chi connectivity index (χ1) is 16.0. The quantitative estimate of drug-likeness (QED) is 0.652. The topological polar surface area (TPSA) is 113 Å². The minimum absolute atomic E-state index is 0.0277. The fourth-order valence-corrected chi connectivity index (χ4v) is 6.58. The van der Waals surface area contributed by atoms with Crippen LogP contribution >= 0.6 is 11.6 Å². The van der Waals surface area contributed by atoms with Gasteiger partial charge in [0.25, 0.3) is 0 Å². The van der Waals surface area contributed by atoms with Crippen LogP contribution in [0.4, 0.5) is 11.8 Å². The Bertz CT molecular complexity index is 1070. The van der Waals surface area contributed by atoms with E-state index in [9.17, 15) is 9.32 Å². The number of fused-ring (bicyclic) bond motifs is 1. The van der Waals surface area contributed by atoms with Gasteiger partial charge in [-0.25, -0.2) is 9.97 Å². The molecule has 9 nitrogen and oxygen atoms in total. The smallest absolute Gasteiger partial charge is 0.238 e. The van der Waals surface area contributed by atoms with Crippen LogP contribution in [0.5, 0.6) is 5.88 Å². The SMILES string of the molecule is O=[S@]1COc2nc(N3CC4(CCC(c5ncc(Cl)cn5)CC4)C3)nc(NC3(CO)CCC3)c21. The van der Waals surface area contributed by atoms with Gasteiger partial charge in [0.05, 0.1) is 17.2 Å². The molecule has 4 heterocycles. The van der Waals surface area contributed by atoms with Crippen LogP contribution in [0.1, 0.15) is 56.7 Å². The number of halogens is 1. The van der Waals surface area contributed by atoms with Crippen molar-refractivity contribution in [3.63, 3.8) is 0 Å². The number of aliphatic hydroxyl groups is 1. The van der Waals surface area contributed by atoms with Gasteiger partial charge < -0.3 is 20.1 Å². The maximum absolute atomic E-state index is 12.5. The zero-order chi connectivity index (χ0) is 22.6. The lowest BCUT2D eigenvalue weighted by atomic mass is 9.66. The Hall–Kier alpha value is -2.04. The van der Waals surface area contributed by atoms with Crippen LogP contribution in [0.15, 0.2) is 17.3 Å². The number of hydrogen-bond donors (Lipinski definition) is 2. The molecule has 4 aliphatic rings. The first-order valence-corrected chi connectivity index (χ1v) is 13.2. The van der Waals surface area contributed by atoms with Gasteiger partial charge in [0.15, 0.2) is 11.8 Å². The number of aliphatic hydroxyl groups excluding tert-OH is 1. The fourth-order valence-electron chi connectivity index (χ4n) is 5.54. The number of nitrogens with one attached hydrogen (secondary N) is 1. The van der Waals surface area contributed by atoms with Crippen LogP contribution in [0.3, 0.4) is 0 Å². The summed E-state index contributed by atoms with van der Waals surface area (Å²) < 4.78 is 18.1. The molecule has 0 aromatic carbocycles. The van der Waals surface area contributed by atoms with E-state index in [1.165, 1.54) is 0 Å². The van der Waals surface area contributed by atoms with Gasteiger partial charge in [-0.05, 0) is 44.9 Å². The van der Waals surface area contributed by atoms with Gasteiger partial charge in [-0.1, -0.05) is 11.6 Å². The molecule has 6 rings (SSSR count). The number of hydrogen-bond acceptors (Lipinski definition) is 9. The summed E-state index contributed by atoms with van der Waals surface area (Å²) in [4.78, 5) is 20.9. The Morgan fingerprint density at radius 1 is 1.18 bits per heavy atom. The van der Waals surface area contributed by atoms with Crippen molar-refractivity contribution in [2.75, 3.05) is 35.9 Å². The summed E-state index contributed by atoms with van der Waals surface area (Å²) >= 11 is 5.93. The van der Waals surface area contributed by atoms with Gasteiger partial charge in [0.1, 0.15) is 21.5 Å². The molecule has 1 spiro atoms. The summed E-state index contributed by atoms with van der Waals surface area (Å²) in [7, 11) is -1.29. The summed E-state index contributed by atoms with van der Waals surface area (Å²) in [6, 6.07) is 0. The third-order valence-corrected chi connectivity index (χ3v) is 9.09. The molecule has 0 radical (unpaired) electrons. The average molecular weight is 491 g/mol. The largest absolute Gasteiger partial charge is 0.463 e. The van der Waals surface area contributed by atoms with Crippen LogP contribution in [0, 0.1) is 5.41 Å². The van der Waals surface area contributed by atoms with Crippen molar-refractivity contribution in [3.8, 4) is 5.88 Å². The summed E-state index contributed by atoms with van der Waals surface area (Å²) in [6.45, 7) is 1.82. The van der Waals surface area contributed by atoms with Gasteiger partial charge in [-0.15, -0.1) is 0 Å². The molecular weight excluding hydrogens is 464 g/mol. The molecule has 2 aliphatic carbocycles. The van der Waals surface area contributed by atoms with Crippen LogP contribution < -0.4 is 15.0 Å². The molecule has 2 aromatic heterocycles. The van der Waals surface area contributed by atoms with E-state index in [-0.39, 0.29) is 23.5 Å². The van der Waals surface area contributed by atoms with E-state index >= 15 is 0 Å². The molecule has 0 unspecified atom stereocenters. The molecular formula is C22H27ClN6O3S. The number of ether oxygens (including phenoxy) is 1. The van der Waals surface area contributed by atoms with Crippen molar-refractivity contribution in [2.24, 2.45) is 5.41 Å². The van der Waals surface area contributed by atoms with Crippen molar-refractivity contribution < 1.29 is 14.1 Å². The van der Waals surface area contributed by atoms with E-state index in [1.807, 2.05) is 0 Å². The Balaban J connectivity index is 1.16. The number of nitrogens with zero attached hydrogens (tertiary/aromatic N) is 5. The highest BCUT2D eigenvalue weighted by Gasteiger charge is 2.47. The highest BCUT2D eigenvalue weighted by atomic mass is 35.5. The molecule has 2 aliphatic heterocycles. The van der Waals surface area contributed by atoms with E-state index in [4.69, 9.17) is 21.3 Å². The normalized spacial score (nSPS) is 25.2. The van der Waals surface area contributed by atoms with E-state index in [0.717, 1.165) is 63.9 Å². The summed E-state index contributed by atoms with van der Waals surface area (Å²) in [5.74, 6) is 2.93. The van der Waals surface area contributed by atoms with Crippen LogP contribution in [-0.2, 0) is 10.8 Å². The maximum Gasteiger partial charge on any atom is 0.238 e. The predicted molar refractivity (Wildman–Crippen MR) is 124 cm³/mol. The van der Waals surface area contributed by atoms with Crippen molar-refractivity contribution in [2.45, 2.75) is 61.3 Å². The van der Waals surface area contributed by atoms with E-state index in [1.54, 1.807) is 12.4 Å². The second-order valence-electron chi connectivity index (χ2n) is 9.92. The third kappa shape index (κ3) is 3.76. The Morgan fingerprint density at radius 3 is 2.55 bits per heavy atom. The van der Waals surface area contributed by atoms with Crippen LogP contribution in [0.25, 0.3) is 0 Å². The summed E-state index contributed by atoms with van der Waals surface area (Å²) in [5.41, 5.74) is -0.118. The molecule has 33 heavy (non-hydrogen) atoms. The molecule has 1 atom stereocenters. The number of rotatable bonds is 5. The van der Waals surface area contributed by atoms with Gasteiger partial charge in [0.2, 0.25) is 11.8 Å². The number of aromatic nitrogens is 4. The van der Waals surface area contributed by atoms with E-state index in [0.29, 0.717) is 33.5 Å². The fraction of sp³-hybridized carbons (Fsp3) is 0.636. The lowest BCUT2D eigenvalue weighted by molar-refractivity contribution is 0.124. The molecule has 0 amide bonds. The lowest BCUT2D eigenvalue weighted by Gasteiger charge is -2.53. The molecule has 3 fully saturated rings. The predicted octanol–water partition coefficient (Wildman–Crippen LogP) is 2.87. The first kappa shape index (κ1) is 21.5. The van der Waals surface area contributed by atoms with Crippen LogP contribution in [-0.4, -0.2) is 60.4 Å². The number of anilines is 2. The Morgan fingerprint density at radius 2 is 1.91 bits per heavy atom. The zero-order valence-electron chi connectivity index (χ0n) is 18.3. The third-order valence-electron chi connectivity index (χ3n) is 7.74. The van der Waals surface area contributed by atoms with Crippen molar-refractivity contribution in [1.82, 2.24) is 19.9 Å². The van der Waals surface area contributed by atoms with E-state index in [2.05, 4.69) is 25.2 Å². The Labute approximate surface area is 199 Å². The van der Waals surface area contributed by atoms with Crippen LogP contribution in [0.2, 0.25) is 5.02 Å². The Kier molecular flexibility index (Phi) is 5.23. The van der Waals surface area contributed by atoms with Crippen molar-refractivity contribution in [3.05, 3.63) is 23.2 Å². The second kappa shape index (κ2) is 8.02. The highest BCUT2D eigenvalue weighted by molar-refractivity contribution is 7.85. The molecule has 1 saturated heterocycles. The lowest BCUT2D eigenvalue weighted by Crippen LogP contribution is -2.58. The second-order valence-corrected chi connectivity index (χ2v) is 11.7. The summed E-state index contributed by atoms with van der Waals surface area (Å²) in [6.07, 6.45) is 10.5. The standard InChI is InChI=1S/C22H27ClN6O3S/c23-15-8-24-17(25-9-15)14-2-6-21(7-3-14)10-29(11-21)20-26-18(28-22(12-30)4-1-5-22)16-19(27-20)32-13-33(16)31/h8-9,14,30H,1-7,10-13H2,(H,26,27,28)/t33-/m0/s1. The summed E-state index contributed by atoms with van der Waals surface area (Å²) in [5, 5.41) is 13.9. The monoisotopic (exact) mass is 490 g/mol. The molecule has 2 N–H and O–H groups in total. The molecule has 11 heteroatoms. The molecule has 2 saturated carbocycles. The van der Waals surface area contributed by atoms with Crippen molar-refractivity contribution >= 4 is 34.2 Å². The van der Waals surface area contributed by atoms with Gasteiger partial charge in [0, 0.05) is 36.8 Å². The minimum Gasteiger partial charge on any atom is -0.463 e. The van der Waals surface area contributed by atoms with Crippen molar-refractivity contribution in [1.29, 1.82) is 0 Å². The molecule has 0 bridgehead atoms. The highest BCUT2D eigenvalue weighted by Crippen LogP contribution is 2.49.